The van der Waals surface area contributed by atoms with Crippen molar-refractivity contribution < 1.29 is 4.92 Å². The molecule has 0 fully saturated rings. The van der Waals surface area contributed by atoms with Crippen molar-refractivity contribution in [3.05, 3.63) is 58.4 Å². The average molecular weight is 286 g/mol. The molecular formula is C15H18N4O2. The molecule has 0 saturated carbocycles. The molecule has 1 aromatic heterocycles. The van der Waals surface area contributed by atoms with Crippen LogP contribution in [-0.2, 0) is 6.42 Å². The second-order valence-corrected chi connectivity index (χ2v) is 4.67. The summed E-state index contributed by atoms with van der Waals surface area (Å²) < 4.78 is 0. The number of hydrogen-bond donors (Lipinski definition) is 1. The van der Waals surface area contributed by atoms with Crippen molar-refractivity contribution in [2.45, 2.75) is 6.42 Å². The zero-order valence-electron chi connectivity index (χ0n) is 12.1. The predicted octanol–water partition coefficient (Wildman–Crippen LogP) is 2.71. The van der Waals surface area contributed by atoms with E-state index in [4.69, 9.17) is 0 Å². The molecule has 6 nitrogen and oxygen atoms in total. The summed E-state index contributed by atoms with van der Waals surface area (Å²) in [7, 11) is 3.53. The molecule has 2 aromatic rings. The van der Waals surface area contributed by atoms with Gasteiger partial charge in [-0.15, -0.1) is 0 Å². The van der Waals surface area contributed by atoms with Crippen LogP contribution in [0.3, 0.4) is 0 Å². The molecule has 0 amide bonds. The molecule has 2 rings (SSSR count). The Hall–Kier alpha value is -2.63. The van der Waals surface area contributed by atoms with E-state index in [0.29, 0.717) is 17.9 Å². The quantitative estimate of drug-likeness (QED) is 0.653. The first-order valence-corrected chi connectivity index (χ1v) is 6.69. The van der Waals surface area contributed by atoms with Crippen molar-refractivity contribution in [1.82, 2.24) is 4.98 Å². The molecule has 6 heteroatoms. The molecule has 0 spiro atoms. The molecule has 0 aliphatic carbocycles. The van der Waals surface area contributed by atoms with Gasteiger partial charge in [-0.25, -0.2) is 0 Å². The van der Waals surface area contributed by atoms with Crippen molar-refractivity contribution in [3.8, 4) is 0 Å². The number of aromatic nitrogens is 1. The van der Waals surface area contributed by atoms with Gasteiger partial charge < -0.3 is 10.2 Å². The van der Waals surface area contributed by atoms with Gasteiger partial charge in [0.1, 0.15) is 11.4 Å². The number of benzene rings is 1. The first-order valence-electron chi connectivity index (χ1n) is 6.69. The van der Waals surface area contributed by atoms with Crippen LogP contribution in [-0.4, -0.2) is 30.5 Å². The number of pyridine rings is 1. The third-order valence-electron chi connectivity index (χ3n) is 3.31. The number of nitro benzene ring substituents is 1. The summed E-state index contributed by atoms with van der Waals surface area (Å²) in [6.07, 6.45) is 2.48. The molecule has 0 bridgehead atoms. The molecule has 0 aliphatic rings. The van der Waals surface area contributed by atoms with Crippen LogP contribution < -0.4 is 10.2 Å². The molecule has 1 N–H and O–H groups in total. The zero-order valence-corrected chi connectivity index (χ0v) is 12.1. The van der Waals surface area contributed by atoms with Gasteiger partial charge in [-0.3, -0.25) is 15.1 Å². The van der Waals surface area contributed by atoms with Crippen LogP contribution in [0, 0.1) is 10.1 Å². The number of anilines is 2. The van der Waals surface area contributed by atoms with Crippen LogP contribution in [0.5, 0.6) is 0 Å². The van der Waals surface area contributed by atoms with Crippen LogP contribution in [0.15, 0.2) is 42.6 Å². The van der Waals surface area contributed by atoms with Crippen LogP contribution >= 0.6 is 0 Å². The third kappa shape index (κ3) is 3.47. The normalized spacial score (nSPS) is 10.2. The molecule has 0 atom stereocenters. The second kappa shape index (κ2) is 6.69. The topological polar surface area (TPSA) is 71.3 Å². The molecule has 0 radical (unpaired) electrons. The number of hydrogen-bond acceptors (Lipinski definition) is 5. The Kier molecular flexibility index (Phi) is 4.71. The molecule has 21 heavy (non-hydrogen) atoms. The van der Waals surface area contributed by atoms with Crippen molar-refractivity contribution in [1.29, 1.82) is 0 Å². The average Bonchev–Trinajstić information content (AvgIpc) is 2.52. The number of rotatable bonds is 6. The van der Waals surface area contributed by atoms with Crippen molar-refractivity contribution >= 4 is 17.1 Å². The van der Waals surface area contributed by atoms with Gasteiger partial charge >= 0.3 is 5.69 Å². The van der Waals surface area contributed by atoms with E-state index in [-0.39, 0.29) is 10.6 Å². The number of likely N-dealkylation sites (N-methyl/N-ethyl adjacent to an activating group) is 1. The first-order chi connectivity index (χ1) is 10.1. The standard InChI is InChI=1S/C15H18N4O2/c1-16-13-7-5-8-14(15(13)19(20)21)18(2)11-9-12-6-3-4-10-17-12/h3-8,10,16H,9,11H2,1-2H3. The van der Waals surface area contributed by atoms with E-state index in [1.165, 1.54) is 0 Å². The van der Waals surface area contributed by atoms with E-state index < -0.39 is 0 Å². The molecule has 0 unspecified atom stereocenters. The van der Waals surface area contributed by atoms with Gasteiger partial charge in [-0.05, 0) is 24.3 Å². The summed E-state index contributed by atoms with van der Waals surface area (Å²) in [5.74, 6) is 0. The molecule has 110 valence electrons. The van der Waals surface area contributed by atoms with Crippen LogP contribution in [0.4, 0.5) is 17.1 Å². The summed E-state index contributed by atoms with van der Waals surface area (Å²) in [6, 6.07) is 11.0. The highest BCUT2D eigenvalue weighted by atomic mass is 16.6. The Labute approximate surface area is 123 Å². The van der Waals surface area contributed by atoms with Crippen molar-refractivity contribution in [2.24, 2.45) is 0 Å². The van der Waals surface area contributed by atoms with Gasteiger partial charge in [-0.2, -0.15) is 0 Å². The number of nitrogens with one attached hydrogen (secondary N) is 1. The molecule has 1 aromatic carbocycles. The monoisotopic (exact) mass is 286 g/mol. The van der Waals surface area contributed by atoms with Gasteiger partial charge in [0.25, 0.3) is 0 Å². The SMILES string of the molecule is CNc1cccc(N(C)CCc2ccccn2)c1[N+](=O)[O-]. The second-order valence-electron chi connectivity index (χ2n) is 4.67. The summed E-state index contributed by atoms with van der Waals surface area (Å²) in [5, 5.41) is 14.2. The Bertz CT molecular complexity index is 616. The predicted molar refractivity (Wildman–Crippen MR) is 83.9 cm³/mol. The Morgan fingerprint density at radius 2 is 2.10 bits per heavy atom. The number of para-hydroxylation sites is 1. The van der Waals surface area contributed by atoms with E-state index in [1.807, 2.05) is 36.2 Å². The van der Waals surface area contributed by atoms with Crippen LogP contribution in [0.1, 0.15) is 5.69 Å². The fourth-order valence-electron chi connectivity index (χ4n) is 2.18. The lowest BCUT2D eigenvalue weighted by molar-refractivity contribution is -0.383. The summed E-state index contributed by atoms with van der Waals surface area (Å²) >= 11 is 0. The molecule has 1 heterocycles. The minimum absolute atomic E-state index is 0.100. The lowest BCUT2D eigenvalue weighted by Crippen LogP contribution is -2.22. The largest absolute Gasteiger partial charge is 0.382 e. The highest BCUT2D eigenvalue weighted by molar-refractivity contribution is 5.76. The number of nitro groups is 1. The summed E-state index contributed by atoms with van der Waals surface area (Å²) in [4.78, 5) is 17.1. The van der Waals surface area contributed by atoms with E-state index >= 15 is 0 Å². The molecular weight excluding hydrogens is 268 g/mol. The van der Waals surface area contributed by atoms with Gasteiger partial charge in [0, 0.05) is 39.0 Å². The van der Waals surface area contributed by atoms with E-state index in [0.717, 1.165) is 12.1 Å². The van der Waals surface area contributed by atoms with E-state index in [1.54, 1.807) is 25.4 Å². The van der Waals surface area contributed by atoms with Crippen LogP contribution in [0.25, 0.3) is 0 Å². The highest BCUT2D eigenvalue weighted by Gasteiger charge is 2.21. The fourth-order valence-corrected chi connectivity index (χ4v) is 2.18. The highest BCUT2D eigenvalue weighted by Crippen LogP contribution is 2.34. The maximum atomic E-state index is 11.3. The van der Waals surface area contributed by atoms with Gasteiger partial charge in [-0.1, -0.05) is 12.1 Å². The van der Waals surface area contributed by atoms with Crippen molar-refractivity contribution in [3.63, 3.8) is 0 Å². The molecule has 0 aliphatic heterocycles. The zero-order chi connectivity index (χ0) is 15.2. The Morgan fingerprint density at radius 1 is 1.29 bits per heavy atom. The van der Waals surface area contributed by atoms with Gasteiger partial charge in [0.15, 0.2) is 0 Å². The van der Waals surface area contributed by atoms with Crippen LogP contribution in [0.2, 0.25) is 0 Å². The molecule has 0 saturated heterocycles. The lowest BCUT2D eigenvalue weighted by Gasteiger charge is -2.20. The summed E-state index contributed by atoms with van der Waals surface area (Å²) in [6.45, 7) is 0.658. The van der Waals surface area contributed by atoms with Gasteiger partial charge in [0.2, 0.25) is 0 Å². The van der Waals surface area contributed by atoms with Crippen molar-refractivity contribution in [2.75, 3.05) is 30.9 Å². The number of nitrogens with zero attached hydrogens (tertiary/aromatic N) is 3. The van der Waals surface area contributed by atoms with E-state index in [2.05, 4.69) is 10.3 Å². The Balaban J connectivity index is 2.19. The minimum Gasteiger partial charge on any atom is -0.382 e. The van der Waals surface area contributed by atoms with E-state index in [9.17, 15) is 10.1 Å². The summed E-state index contributed by atoms with van der Waals surface area (Å²) in [5.41, 5.74) is 2.19. The van der Waals surface area contributed by atoms with Gasteiger partial charge in [0.05, 0.1) is 4.92 Å². The first kappa shape index (κ1) is 14.8. The third-order valence-corrected chi connectivity index (χ3v) is 3.31. The maximum Gasteiger partial charge on any atom is 0.315 e. The smallest absolute Gasteiger partial charge is 0.315 e. The lowest BCUT2D eigenvalue weighted by atomic mass is 10.2. The minimum atomic E-state index is -0.349. The Morgan fingerprint density at radius 3 is 2.71 bits per heavy atom. The fraction of sp³-hybridized carbons (Fsp3) is 0.267. The maximum absolute atomic E-state index is 11.3.